The molecule has 0 saturated carbocycles. The predicted octanol–water partition coefficient (Wildman–Crippen LogP) is 3.83. The maximum atomic E-state index is 5.80. The van der Waals surface area contributed by atoms with Gasteiger partial charge in [0.1, 0.15) is 0 Å². The lowest BCUT2D eigenvalue weighted by molar-refractivity contribution is 1.44. The Kier molecular flexibility index (Phi) is 4.34. The van der Waals surface area contributed by atoms with E-state index in [2.05, 4.69) is 22.0 Å². The molecule has 60 valence electrons. The smallest absolute Gasteiger partial charge is 0.0417 e. The summed E-state index contributed by atoms with van der Waals surface area (Å²) in [6, 6.07) is 7.91. The molecule has 1 aromatic carbocycles. The van der Waals surface area contributed by atoms with Crippen LogP contribution < -0.4 is 0 Å². The number of halogens is 2. The number of alkyl halides is 1. The third kappa shape index (κ3) is 3.50. The fourth-order valence-electron chi connectivity index (χ4n) is 0.713. The quantitative estimate of drug-likeness (QED) is 0.581. The zero-order valence-corrected chi connectivity index (χ0v) is 9.05. The molecule has 0 heterocycles. The Balaban J connectivity index is 2.56. The lowest BCUT2D eigenvalue weighted by Crippen LogP contribution is -1.77. The van der Waals surface area contributed by atoms with Crippen molar-refractivity contribution < 1.29 is 0 Å². The van der Waals surface area contributed by atoms with E-state index in [1.165, 1.54) is 4.90 Å². The van der Waals surface area contributed by atoms with E-state index in [1.54, 1.807) is 11.8 Å². The van der Waals surface area contributed by atoms with Gasteiger partial charge in [-0.1, -0.05) is 33.6 Å². The van der Waals surface area contributed by atoms with E-state index in [4.69, 9.17) is 11.6 Å². The predicted molar refractivity (Wildman–Crippen MR) is 56.0 cm³/mol. The summed E-state index contributed by atoms with van der Waals surface area (Å²) in [4.78, 5) is 1.23. The van der Waals surface area contributed by atoms with Crippen molar-refractivity contribution in [3.05, 3.63) is 29.3 Å². The first-order valence-electron chi connectivity index (χ1n) is 3.27. The maximum absolute atomic E-state index is 5.80. The topological polar surface area (TPSA) is 0 Å². The van der Waals surface area contributed by atoms with Crippen molar-refractivity contribution >= 4 is 39.3 Å². The molecule has 0 atom stereocenters. The van der Waals surface area contributed by atoms with Gasteiger partial charge in [-0.3, -0.25) is 0 Å². The largest absolute Gasteiger partial charge is 0.125 e. The van der Waals surface area contributed by atoms with Crippen LogP contribution in [0.25, 0.3) is 0 Å². The molecule has 0 unspecified atom stereocenters. The van der Waals surface area contributed by atoms with E-state index in [0.29, 0.717) is 0 Å². The van der Waals surface area contributed by atoms with Crippen molar-refractivity contribution in [1.29, 1.82) is 0 Å². The molecule has 0 aromatic heterocycles. The Bertz CT molecular complexity index is 227. The van der Waals surface area contributed by atoms with Crippen molar-refractivity contribution in [2.75, 3.05) is 11.1 Å². The highest BCUT2D eigenvalue weighted by atomic mass is 79.9. The van der Waals surface area contributed by atoms with Crippen LogP contribution in [0, 0.1) is 0 Å². The summed E-state index contributed by atoms with van der Waals surface area (Å²) in [7, 11) is 0. The van der Waals surface area contributed by atoms with E-state index < -0.39 is 0 Å². The Morgan fingerprint density at radius 1 is 1.45 bits per heavy atom. The van der Waals surface area contributed by atoms with Gasteiger partial charge in [-0.2, -0.15) is 0 Å². The van der Waals surface area contributed by atoms with Crippen LogP contribution >= 0.6 is 39.3 Å². The highest BCUT2D eigenvalue weighted by Gasteiger charge is 1.92. The van der Waals surface area contributed by atoms with Crippen molar-refractivity contribution in [1.82, 2.24) is 0 Å². The van der Waals surface area contributed by atoms with Gasteiger partial charge in [-0.05, 0) is 18.2 Å². The first kappa shape index (κ1) is 9.43. The highest BCUT2D eigenvalue weighted by molar-refractivity contribution is 9.09. The molecule has 11 heavy (non-hydrogen) atoms. The van der Waals surface area contributed by atoms with E-state index in [1.807, 2.05) is 18.2 Å². The van der Waals surface area contributed by atoms with Crippen LogP contribution in [0.4, 0.5) is 0 Å². The third-order valence-electron chi connectivity index (χ3n) is 1.14. The fourth-order valence-corrected chi connectivity index (χ4v) is 2.15. The number of hydrogen-bond donors (Lipinski definition) is 0. The normalized spacial score (nSPS) is 10.0. The van der Waals surface area contributed by atoms with E-state index in [-0.39, 0.29) is 0 Å². The standard InChI is InChI=1S/C8H8BrClS/c9-4-5-11-8-3-1-2-7(10)6-8/h1-3,6H,4-5H2. The van der Waals surface area contributed by atoms with Gasteiger partial charge in [0.25, 0.3) is 0 Å². The second-order valence-electron chi connectivity index (χ2n) is 1.99. The minimum Gasteiger partial charge on any atom is -0.125 e. The third-order valence-corrected chi connectivity index (χ3v) is 3.29. The van der Waals surface area contributed by atoms with Crippen LogP contribution in [0.5, 0.6) is 0 Å². The van der Waals surface area contributed by atoms with E-state index >= 15 is 0 Å². The van der Waals surface area contributed by atoms with Crippen molar-refractivity contribution in [3.63, 3.8) is 0 Å². The molecule has 0 saturated heterocycles. The molecule has 0 bridgehead atoms. The van der Waals surface area contributed by atoms with Crippen LogP contribution in [0.3, 0.4) is 0 Å². The molecule has 3 heteroatoms. The second kappa shape index (κ2) is 5.07. The van der Waals surface area contributed by atoms with Crippen LogP contribution in [0.2, 0.25) is 5.02 Å². The van der Waals surface area contributed by atoms with Gasteiger partial charge in [0, 0.05) is 21.0 Å². The molecule has 0 spiro atoms. The Hall–Kier alpha value is 0.340. The minimum absolute atomic E-state index is 0.810. The summed E-state index contributed by atoms with van der Waals surface area (Å²) in [5, 5.41) is 1.83. The second-order valence-corrected chi connectivity index (χ2v) is 4.39. The van der Waals surface area contributed by atoms with Gasteiger partial charge in [-0.25, -0.2) is 0 Å². The van der Waals surface area contributed by atoms with Gasteiger partial charge >= 0.3 is 0 Å². The Morgan fingerprint density at radius 2 is 2.27 bits per heavy atom. The van der Waals surface area contributed by atoms with Crippen LogP contribution in [-0.4, -0.2) is 11.1 Å². The molecule has 0 aliphatic carbocycles. The number of benzene rings is 1. The molecule has 0 radical (unpaired) electrons. The molecule has 0 fully saturated rings. The van der Waals surface area contributed by atoms with Gasteiger partial charge in [0.05, 0.1) is 0 Å². The zero-order chi connectivity index (χ0) is 8.10. The van der Waals surface area contributed by atoms with Gasteiger partial charge in [-0.15, -0.1) is 11.8 Å². The van der Waals surface area contributed by atoms with Crippen LogP contribution in [0.15, 0.2) is 29.2 Å². The Morgan fingerprint density at radius 3 is 2.91 bits per heavy atom. The highest BCUT2D eigenvalue weighted by Crippen LogP contribution is 2.21. The first-order chi connectivity index (χ1) is 5.33. The van der Waals surface area contributed by atoms with Crippen LogP contribution in [0.1, 0.15) is 0 Å². The fraction of sp³-hybridized carbons (Fsp3) is 0.250. The average Bonchev–Trinajstić information content (AvgIpc) is 2.01. The van der Waals surface area contributed by atoms with Crippen molar-refractivity contribution in [2.24, 2.45) is 0 Å². The van der Waals surface area contributed by atoms with E-state index in [9.17, 15) is 0 Å². The van der Waals surface area contributed by atoms with Crippen molar-refractivity contribution in [3.8, 4) is 0 Å². The summed E-state index contributed by atoms with van der Waals surface area (Å²) in [5.41, 5.74) is 0. The number of rotatable bonds is 3. The maximum Gasteiger partial charge on any atom is 0.0417 e. The summed E-state index contributed by atoms with van der Waals surface area (Å²) in [6.07, 6.45) is 0. The molecule has 0 nitrogen and oxygen atoms in total. The summed E-state index contributed by atoms with van der Waals surface area (Å²) in [5.74, 6) is 1.08. The molecular formula is C8H8BrClS. The first-order valence-corrected chi connectivity index (χ1v) is 5.76. The Labute approximate surface area is 84.5 Å². The van der Waals surface area contributed by atoms with Crippen molar-refractivity contribution in [2.45, 2.75) is 4.90 Å². The lowest BCUT2D eigenvalue weighted by Gasteiger charge is -1.98. The minimum atomic E-state index is 0.810. The molecule has 0 N–H and O–H groups in total. The van der Waals surface area contributed by atoms with Gasteiger partial charge < -0.3 is 0 Å². The number of thioether (sulfide) groups is 1. The molecular weight excluding hydrogens is 244 g/mol. The summed E-state index contributed by atoms with van der Waals surface area (Å²) >= 11 is 11.0. The number of hydrogen-bond acceptors (Lipinski definition) is 1. The molecule has 0 aliphatic heterocycles. The van der Waals surface area contributed by atoms with E-state index in [0.717, 1.165) is 16.1 Å². The molecule has 0 aliphatic rings. The monoisotopic (exact) mass is 250 g/mol. The molecule has 0 amide bonds. The molecule has 1 aromatic rings. The van der Waals surface area contributed by atoms with Gasteiger partial charge in [0.15, 0.2) is 0 Å². The van der Waals surface area contributed by atoms with Crippen LogP contribution in [-0.2, 0) is 0 Å². The average molecular weight is 252 g/mol. The zero-order valence-electron chi connectivity index (χ0n) is 5.89. The molecule has 1 rings (SSSR count). The lowest BCUT2D eigenvalue weighted by atomic mass is 10.4. The summed E-state index contributed by atoms with van der Waals surface area (Å²) < 4.78 is 0. The van der Waals surface area contributed by atoms with Gasteiger partial charge in [0.2, 0.25) is 0 Å². The SMILES string of the molecule is Clc1cccc(SCCBr)c1. The summed E-state index contributed by atoms with van der Waals surface area (Å²) in [6.45, 7) is 0.